The van der Waals surface area contributed by atoms with Gasteiger partial charge in [0.05, 0.1) is 4.90 Å². The fraction of sp³-hybridized carbons (Fsp3) is 0.360. The highest BCUT2D eigenvalue weighted by molar-refractivity contribution is 7.89. The zero-order valence-electron chi connectivity index (χ0n) is 19.5. The van der Waals surface area contributed by atoms with Crippen LogP contribution in [0.5, 0.6) is 0 Å². The van der Waals surface area contributed by atoms with E-state index in [1.54, 1.807) is 53.7 Å². The summed E-state index contributed by atoms with van der Waals surface area (Å²) in [4.78, 5) is 24.8. The minimum atomic E-state index is -3.54. The van der Waals surface area contributed by atoms with Crippen LogP contribution in [0.3, 0.4) is 0 Å². The average Bonchev–Trinajstić information content (AvgIpc) is 3.18. The molecule has 34 heavy (non-hydrogen) atoms. The molecule has 1 saturated heterocycles. The number of amides is 2. The maximum atomic E-state index is 13.1. The Balaban J connectivity index is 1.56. The van der Waals surface area contributed by atoms with Crippen molar-refractivity contribution < 1.29 is 18.0 Å². The number of nitrogens with two attached hydrogens (primary N) is 1. The van der Waals surface area contributed by atoms with Gasteiger partial charge in [-0.05, 0) is 62.1 Å². The number of aromatic nitrogens is 1. The molecule has 180 valence electrons. The maximum absolute atomic E-state index is 13.1. The molecule has 3 N–H and O–H groups in total. The van der Waals surface area contributed by atoms with Gasteiger partial charge in [0.1, 0.15) is 6.04 Å². The third-order valence-corrected chi connectivity index (χ3v) is 8.38. The van der Waals surface area contributed by atoms with E-state index in [9.17, 15) is 18.0 Å². The smallest absolute Gasteiger partial charge is 0.249 e. The Labute approximate surface area is 199 Å². The molecule has 2 amide bonds. The number of sulfonamides is 1. The second-order valence-corrected chi connectivity index (χ2v) is 10.7. The summed E-state index contributed by atoms with van der Waals surface area (Å²) in [6.45, 7) is 4.97. The Morgan fingerprint density at radius 1 is 1.09 bits per heavy atom. The highest BCUT2D eigenvalue weighted by atomic mass is 32.2. The third-order valence-electron chi connectivity index (χ3n) is 6.49. The van der Waals surface area contributed by atoms with Gasteiger partial charge in [-0.15, -0.1) is 0 Å². The molecular formula is C25H30N4O4S. The van der Waals surface area contributed by atoms with Crippen molar-refractivity contribution >= 4 is 32.7 Å². The molecule has 8 nitrogen and oxygen atoms in total. The topological polar surface area (TPSA) is 114 Å². The fourth-order valence-corrected chi connectivity index (χ4v) is 6.05. The summed E-state index contributed by atoms with van der Waals surface area (Å²) in [6.07, 6.45) is 4.69. The first-order chi connectivity index (χ1) is 16.2. The molecule has 2 aromatic carbocycles. The minimum Gasteiger partial charge on any atom is -0.366 e. The number of piperidine rings is 1. The van der Waals surface area contributed by atoms with Gasteiger partial charge in [-0.1, -0.05) is 24.6 Å². The molecule has 0 bridgehead atoms. The van der Waals surface area contributed by atoms with E-state index in [0.717, 1.165) is 35.7 Å². The number of primary amides is 1. The molecule has 3 aromatic rings. The van der Waals surface area contributed by atoms with E-state index in [1.165, 1.54) is 0 Å². The van der Waals surface area contributed by atoms with Crippen molar-refractivity contribution in [2.75, 3.05) is 13.1 Å². The van der Waals surface area contributed by atoms with Gasteiger partial charge >= 0.3 is 0 Å². The van der Waals surface area contributed by atoms with Crippen molar-refractivity contribution in [1.82, 2.24) is 14.2 Å². The lowest BCUT2D eigenvalue weighted by Crippen LogP contribution is -2.35. The van der Waals surface area contributed by atoms with Gasteiger partial charge in [0, 0.05) is 42.3 Å². The minimum absolute atomic E-state index is 0.179. The average molecular weight is 483 g/mol. The van der Waals surface area contributed by atoms with Gasteiger partial charge in [0.2, 0.25) is 21.8 Å². The second-order valence-electron chi connectivity index (χ2n) is 8.78. The number of hydrogen-bond acceptors (Lipinski definition) is 4. The van der Waals surface area contributed by atoms with Gasteiger partial charge in [0.25, 0.3) is 0 Å². The van der Waals surface area contributed by atoms with Gasteiger partial charge in [-0.3, -0.25) is 9.59 Å². The predicted molar refractivity (Wildman–Crippen MR) is 131 cm³/mol. The molecule has 2 heterocycles. The summed E-state index contributed by atoms with van der Waals surface area (Å²) in [5.41, 5.74) is 8.13. The standard InChI is InChI=1S/C25H30N4O4S/c1-17-16-29(18(2)25(31)27-15-19-8-4-5-9-21(19)24(26)30)23-11-10-20(14-22(17)23)34(32,33)28-12-6-3-7-13-28/h4-5,8-11,14,16,18H,3,6-7,12-13,15H2,1-2H3,(H2,26,30)(H,27,31). The van der Waals surface area contributed by atoms with Gasteiger partial charge < -0.3 is 15.6 Å². The van der Waals surface area contributed by atoms with Crippen LogP contribution in [0.15, 0.2) is 53.6 Å². The van der Waals surface area contributed by atoms with Crippen LogP contribution in [-0.4, -0.2) is 42.2 Å². The van der Waals surface area contributed by atoms with Gasteiger partial charge in [-0.25, -0.2) is 8.42 Å². The van der Waals surface area contributed by atoms with Crippen LogP contribution in [0, 0.1) is 6.92 Å². The summed E-state index contributed by atoms with van der Waals surface area (Å²) in [7, 11) is -3.54. The Morgan fingerprint density at radius 2 is 1.79 bits per heavy atom. The van der Waals surface area contributed by atoms with Crippen LogP contribution in [0.1, 0.15) is 53.7 Å². The number of fused-ring (bicyclic) bond motifs is 1. The highest BCUT2D eigenvalue weighted by Gasteiger charge is 2.27. The van der Waals surface area contributed by atoms with Gasteiger partial charge in [0.15, 0.2) is 0 Å². The maximum Gasteiger partial charge on any atom is 0.249 e. The van der Waals surface area contributed by atoms with Gasteiger partial charge in [-0.2, -0.15) is 4.31 Å². The van der Waals surface area contributed by atoms with E-state index in [1.807, 2.05) is 17.7 Å². The largest absolute Gasteiger partial charge is 0.366 e. The summed E-state index contributed by atoms with van der Waals surface area (Å²) in [6, 6.07) is 11.5. The van der Waals surface area contributed by atoms with Crippen molar-refractivity contribution in [1.29, 1.82) is 0 Å². The van der Waals surface area contributed by atoms with E-state index in [-0.39, 0.29) is 17.3 Å². The number of benzene rings is 2. The lowest BCUT2D eigenvalue weighted by molar-refractivity contribution is -0.123. The zero-order valence-corrected chi connectivity index (χ0v) is 20.3. The number of carbonyl (C=O) groups excluding carboxylic acids is 2. The Hall–Kier alpha value is -3.17. The van der Waals surface area contributed by atoms with E-state index in [4.69, 9.17) is 5.73 Å². The van der Waals surface area contributed by atoms with Crippen LogP contribution in [0.2, 0.25) is 0 Å². The van der Waals surface area contributed by atoms with Crippen molar-refractivity contribution in [3.05, 3.63) is 65.4 Å². The molecule has 1 aliphatic heterocycles. The lowest BCUT2D eigenvalue weighted by atomic mass is 10.1. The van der Waals surface area contributed by atoms with Crippen LogP contribution in [0.4, 0.5) is 0 Å². The summed E-state index contributed by atoms with van der Waals surface area (Å²) in [5.74, 6) is -0.763. The number of nitrogens with one attached hydrogen (secondary N) is 1. The Kier molecular flexibility index (Phi) is 6.77. The fourth-order valence-electron chi connectivity index (χ4n) is 4.51. The van der Waals surface area contributed by atoms with Crippen molar-refractivity contribution in [3.8, 4) is 0 Å². The molecule has 4 rings (SSSR count). The first-order valence-corrected chi connectivity index (χ1v) is 12.9. The molecule has 1 atom stereocenters. The molecule has 1 aromatic heterocycles. The molecule has 0 radical (unpaired) electrons. The summed E-state index contributed by atoms with van der Waals surface area (Å²) >= 11 is 0. The van der Waals surface area contributed by atoms with E-state index < -0.39 is 22.0 Å². The lowest BCUT2D eigenvalue weighted by Gasteiger charge is -2.26. The van der Waals surface area contributed by atoms with Crippen LogP contribution in [-0.2, 0) is 21.4 Å². The third kappa shape index (κ3) is 4.58. The SMILES string of the molecule is Cc1cn(C(C)C(=O)NCc2ccccc2C(N)=O)c2ccc(S(=O)(=O)N3CCCCC3)cc12. The Bertz CT molecular complexity index is 1340. The van der Waals surface area contributed by atoms with Crippen molar-refractivity contribution in [3.63, 3.8) is 0 Å². The first kappa shape index (κ1) is 24.0. The molecule has 0 saturated carbocycles. The molecule has 9 heteroatoms. The summed E-state index contributed by atoms with van der Waals surface area (Å²) < 4.78 is 29.6. The van der Waals surface area contributed by atoms with Crippen molar-refractivity contribution in [2.24, 2.45) is 5.73 Å². The van der Waals surface area contributed by atoms with E-state index >= 15 is 0 Å². The number of nitrogens with zero attached hydrogens (tertiary/aromatic N) is 2. The van der Waals surface area contributed by atoms with Crippen molar-refractivity contribution in [2.45, 2.75) is 50.6 Å². The molecular weight excluding hydrogens is 452 g/mol. The Morgan fingerprint density at radius 3 is 2.50 bits per heavy atom. The van der Waals surface area contributed by atoms with E-state index in [0.29, 0.717) is 24.2 Å². The molecule has 1 fully saturated rings. The predicted octanol–water partition coefficient (Wildman–Crippen LogP) is 3.10. The summed E-state index contributed by atoms with van der Waals surface area (Å²) in [5, 5.41) is 3.68. The number of rotatable bonds is 7. The molecule has 0 aliphatic carbocycles. The molecule has 0 spiro atoms. The normalized spacial score (nSPS) is 15.8. The number of hydrogen-bond donors (Lipinski definition) is 2. The van der Waals surface area contributed by atoms with E-state index in [2.05, 4.69) is 5.32 Å². The van der Waals surface area contributed by atoms with Crippen LogP contribution < -0.4 is 11.1 Å². The highest BCUT2D eigenvalue weighted by Crippen LogP contribution is 2.29. The first-order valence-electron chi connectivity index (χ1n) is 11.5. The second kappa shape index (κ2) is 9.60. The van der Waals surface area contributed by atoms with Crippen LogP contribution >= 0.6 is 0 Å². The molecule has 1 aliphatic rings. The number of aryl methyl sites for hydroxylation is 1. The molecule has 1 unspecified atom stereocenters. The number of carbonyl (C=O) groups is 2. The zero-order chi connectivity index (χ0) is 24.5. The quantitative estimate of drug-likeness (QED) is 0.538. The van der Waals surface area contributed by atoms with Crippen LogP contribution in [0.25, 0.3) is 10.9 Å². The monoisotopic (exact) mass is 482 g/mol.